The third-order valence-electron chi connectivity index (χ3n) is 9.83. The molecule has 1 spiro atoms. The van der Waals surface area contributed by atoms with E-state index in [0.29, 0.717) is 50.4 Å². The number of aromatic hydroxyl groups is 1. The first-order chi connectivity index (χ1) is 17.3. The van der Waals surface area contributed by atoms with Gasteiger partial charge >= 0.3 is 0 Å². The summed E-state index contributed by atoms with van der Waals surface area (Å²) in [5.41, 5.74) is 0.591. The van der Waals surface area contributed by atoms with Crippen LogP contribution in [0, 0.1) is 11.1 Å². The molecule has 8 heteroatoms. The molecule has 3 fully saturated rings. The molecule has 1 aromatic heterocycles. The Bertz CT molecular complexity index is 1250. The number of quaternary nitrogens is 1. The van der Waals surface area contributed by atoms with E-state index in [9.17, 15) is 20.2 Å². The molecule has 2 aliphatic heterocycles. The highest BCUT2D eigenvalue weighted by Crippen LogP contribution is 2.67. The summed E-state index contributed by atoms with van der Waals surface area (Å²) in [6.07, 6.45) is 9.94. The highest BCUT2D eigenvalue weighted by Gasteiger charge is 2.76. The Morgan fingerprint density at radius 1 is 1.28 bits per heavy atom. The van der Waals surface area contributed by atoms with Crippen LogP contribution >= 0.6 is 0 Å². The van der Waals surface area contributed by atoms with Crippen molar-refractivity contribution >= 4 is 12.0 Å². The summed E-state index contributed by atoms with van der Waals surface area (Å²) in [5, 5.41) is 37.6. The fourth-order valence-corrected chi connectivity index (χ4v) is 7.95. The summed E-state index contributed by atoms with van der Waals surface area (Å²) in [6, 6.07) is 4.54. The van der Waals surface area contributed by atoms with E-state index in [2.05, 4.69) is 0 Å². The molecule has 1 amide bonds. The molecular formula is C28H32N2O6. The number of nitrogens with zero attached hydrogens (tertiary/aromatic N) is 2. The number of phenols is 1. The number of hydrogen-bond donors (Lipinski definition) is 2. The smallest absolute Gasteiger partial charge is 0.246 e. The quantitative estimate of drug-likeness (QED) is 0.378. The predicted molar refractivity (Wildman–Crippen MR) is 131 cm³/mol. The lowest BCUT2D eigenvalue weighted by Crippen LogP contribution is -2.81. The first-order valence-corrected chi connectivity index (χ1v) is 13.1. The van der Waals surface area contributed by atoms with E-state index in [0.717, 1.165) is 29.5 Å². The van der Waals surface area contributed by atoms with Crippen molar-refractivity contribution in [2.24, 2.45) is 5.92 Å². The van der Waals surface area contributed by atoms with Gasteiger partial charge in [0.25, 0.3) is 0 Å². The van der Waals surface area contributed by atoms with Gasteiger partial charge in [-0.1, -0.05) is 6.07 Å². The summed E-state index contributed by atoms with van der Waals surface area (Å²) < 4.78 is 11.3. The second-order valence-electron chi connectivity index (χ2n) is 11.6. The normalized spacial score (nSPS) is 38.0. The number of benzene rings is 1. The van der Waals surface area contributed by atoms with Crippen LogP contribution in [-0.4, -0.2) is 69.6 Å². The topological polar surface area (TPSA) is 106 Å². The van der Waals surface area contributed by atoms with Gasteiger partial charge in [-0.15, -0.1) is 0 Å². The van der Waals surface area contributed by atoms with Gasteiger partial charge in [-0.05, 0) is 49.5 Å². The van der Waals surface area contributed by atoms with Crippen molar-refractivity contribution in [1.29, 1.82) is 0 Å². The van der Waals surface area contributed by atoms with E-state index in [1.807, 2.05) is 6.07 Å². The Labute approximate surface area is 209 Å². The molecule has 2 bridgehead atoms. The number of likely N-dealkylation sites (N-methyl/N-ethyl adjacent to an activating group) is 1. The number of hydroxylamine groups is 3. The predicted octanol–water partition coefficient (Wildman–Crippen LogP) is 3.10. The molecule has 3 heterocycles. The largest absolute Gasteiger partial charge is 0.632 e. The van der Waals surface area contributed by atoms with Crippen LogP contribution in [0.4, 0.5) is 0 Å². The van der Waals surface area contributed by atoms with Crippen LogP contribution in [0.1, 0.15) is 48.8 Å². The van der Waals surface area contributed by atoms with Crippen LogP contribution in [-0.2, 0) is 16.6 Å². The number of furan rings is 1. The van der Waals surface area contributed by atoms with Gasteiger partial charge in [0.15, 0.2) is 11.5 Å². The summed E-state index contributed by atoms with van der Waals surface area (Å²) in [4.78, 5) is 14.9. The monoisotopic (exact) mass is 492 g/mol. The molecule has 2 N–H and O–H groups in total. The lowest BCUT2D eigenvalue weighted by Gasteiger charge is -2.68. The van der Waals surface area contributed by atoms with Crippen LogP contribution < -0.4 is 4.74 Å². The Morgan fingerprint density at radius 3 is 2.86 bits per heavy atom. The number of rotatable bonds is 5. The number of piperidine rings is 1. The van der Waals surface area contributed by atoms with Crippen LogP contribution in [0.2, 0.25) is 0 Å². The van der Waals surface area contributed by atoms with Crippen LogP contribution in [0.15, 0.2) is 41.2 Å². The van der Waals surface area contributed by atoms with Gasteiger partial charge in [-0.2, -0.15) is 0 Å². The molecule has 2 saturated carbocycles. The molecule has 7 rings (SSSR count). The number of carbonyl (C=O) groups is 1. The first-order valence-electron chi connectivity index (χ1n) is 13.1. The van der Waals surface area contributed by atoms with Crippen molar-refractivity contribution in [3.05, 3.63) is 58.7 Å². The summed E-state index contributed by atoms with van der Waals surface area (Å²) >= 11 is 0. The molecule has 1 unspecified atom stereocenters. The Hall–Kier alpha value is -2.81. The van der Waals surface area contributed by atoms with Crippen molar-refractivity contribution in [1.82, 2.24) is 4.90 Å². The molecule has 190 valence electrons. The molecule has 1 aromatic carbocycles. The number of ether oxygens (including phenoxy) is 1. The molecule has 5 aliphatic rings. The number of likely N-dealkylation sites (tertiary alicyclic amines) is 1. The third-order valence-corrected chi connectivity index (χ3v) is 9.83. The minimum absolute atomic E-state index is 0.0531. The zero-order valence-corrected chi connectivity index (χ0v) is 20.4. The van der Waals surface area contributed by atoms with E-state index in [4.69, 9.17) is 9.15 Å². The second kappa shape index (κ2) is 7.37. The van der Waals surface area contributed by atoms with Gasteiger partial charge in [0, 0.05) is 43.0 Å². The fraction of sp³-hybridized carbons (Fsp3) is 0.536. The van der Waals surface area contributed by atoms with Crippen molar-refractivity contribution in [3.63, 3.8) is 0 Å². The minimum Gasteiger partial charge on any atom is -0.632 e. The van der Waals surface area contributed by atoms with Crippen molar-refractivity contribution < 1.29 is 28.8 Å². The van der Waals surface area contributed by atoms with E-state index < -0.39 is 23.2 Å². The highest BCUT2D eigenvalue weighted by molar-refractivity contribution is 5.91. The summed E-state index contributed by atoms with van der Waals surface area (Å²) in [6.45, 7) is 0.984. The molecule has 0 radical (unpaired) electrons. The lowest BCUT2D eigenvalue weighted by atomic mass is 9.48. The van der Waals surface area contributed by atoms with E-state index in [1.54, 1.807) is 42.7 Å². The van der Waals surface area contributed by atoms with Crippen LogP contribution in [0.5, 0.6) is 11.5 Å². The second-order valence-corrected chi connectivity index (χ2v) is 11.6. The standard InChI is InChI=1S/C28H32N2O6/c1-29(23(32)7-4-18-9-13-35-16-18)20-8-10-28(33)22-14-19-5-6-21(31)25-24(19)27(28,26(20)36-25)11-12-30(22,34)15-17-2-3-17/h4-7,9,13,16-17,20,22,26,31,33H,2-3,8,10-12,14-15H2,1H3/b7-4+/t20-,22?,26+,27+,28-,30-/m0/s1. The van der Waals surface area contributed by atoms with Gasteiger partial charge in [-0.25, -0.2) is 0 Å². The van der Waals surface area contributed by atoms with Crippen molar-refractivity contribution in [2.45, 2.75) is 67.7 Å². The Kier molecular flexibility index (Phi) is 4.58. The average Bonchev–Trinajstić information content (AvgIpc) is 3.36. The van der Waals surface area contributed by atoms with E-state index in [-0.39, 0.29) is 22.3 Å². The molecule has 2 aromatic rings. The zero-order valence-electron chi connectivity index (χ0n) is 20.4. The fourth-order valence-electron chi connectivity index (χ4n) is 7.95. The summed E-state index contributed by atoms with van der Waals surface area (Å²) in [5.74, 6) is 0.758. The molecule has 8 nitrogen and oxygen atoms in total. The van der Waals surface area contributed by atoms with Gasteiger partial charge in [-0.3, -0.25) is 4.79 Å². The molecule has 3 aliphatic carbocycles. The number of carbonyl (C=O) groups excluding carboxylic acids is 1. The number of amides is 1. The SMILES string of the molecule is CN(C(=O)/C=C/c1ccoc1)[C@H]1CC[C@]2(O)C3Cc4ccc(O)c5c4[C@]2(CC[N@+]3([O-])CC2CC2)[C@@H]1O5. The number of aliphatic hydroxyl groups is 1. The van der Waals surface area contributed by atoms with Crippen LogP contribution in [0.25, 0.3) is 6.08 Å². The highest BCUT2D eigenvalue weighted by atomic mass is 16.6. The van der Waals surface area contributed by atoms with E-state index in [1.165, 1.54) is 6.08 Å². The summed E-state index contributed by atoms with van der Waals surface area (Å²) in [7, 11) is 1.77. The first kappa shape index (κ1) is 22.4. The molecule has 6 atom stereocenters. The number of phenolic OH excluding ortho intramolecular Hbond substituents is 1. The number of hydrogen-bond acceptors (Lipinski definition) is 6. The Morgan fingerprint density at radius 2 is 2.11 bits per heavy atom. The minimum atomic E-state index is -1.24. The van der Waals surface area contributed by atoms with Crippen LogP contribution in [0.3, 0.4) is 0 Å². The van der Waals surface area contributed by atoms with Gasteiger partial charge in [0.05, 0.1) is 37.1 Å². The zero-order chi connectivity index (χ0) is 24.9. The maximum absolute atomic E-state index is 14.3. The van der Waals surface area contributed by atoms with Crippen molar-refractivity contribution in [2.75, 3.05) is 20.1 Å². The molecule has 1 saturated heterocycles. The van der Waals surface area contributed by atoms with Gasteiger partial charge in [0.2, 0.25) is 5.91 Å². The molecule has 36 heavy (non-hydrogen) atoms. The van der Waals surface area contributed by atoms with Crippen molar-refractivity contribution in [3.8, 4) is 11.5 Å². The van der Waals surface area contributed by atoms with Gasteiger partial charge < -0.3 is 34.1 Å². The Balaban J connectivity index is 1.30. The molecular weight excluding hydrogens is 460 g/mol. The third kappa shape index (κ3) is 2.83. The van der Waals surface area contributed by atoms with E-state index >= 15 is 0 Å². The maximum Gasteiger partial charge on any atom is 0.246 e. The lowest BCUT2D eigenvalue weighted by molar-refractivity contribution is -0.924. The average molecular weight is 493 g/mol. The van der Waals surface area contributed by atoms with Gasteiger partial charge in [0.1, 0.15) is 17.7 Å². The maximum atomic E-state index is 14.3.